The van der Waals surface area contributed by atoms with Gasteiger partial charge in [-0.3, -0.25) is 19.7 Å². The topological polar surface area (TPSA) is 101 Å². The zero-order valence-electron chi connectivity index (χ0n) is 12.6. The first-order valence-electron chi connectivity index (χ1n) is 6.81. The second-order valence-corrected chi connectivity index (χ2v) is 4.97. The van der Waals surface area contributed by atoms with Gasteiger partial charge in [0.05, 0.1) is 4.92 Å². The van der Waals surface area contributed by atoms with Crippen molar-refractivity contribution in [1.82, 2.24) is 0 Å². The summed E-state index contributed by atoms with van der Waals surface area (Å²) < 4.78 is 0. The SMILES string of the molecule is CC(=O)Nc1ccc(C)c(NC(=O)c2cccc([N+](=O)[O-])c2)c1. The Morgan fingerprint density at radius 2 is 1.83 bits per heavy atom. The average molecular weight is 313 g/mol. The summed E-state index contributed by atoms with van der Waals surface area (Å²) in [5, 5.41) is 16.1. The summed E-state index contributed by atoms with van der Waals surface area (Å²) in [6, 6.07) is 10.6. The fourth-order valence-electron chi connectivity index (χ4n) is 1.99. The van der Waals surface area contributed by atoms with Crippen LogP contribution < -0.4 is 10.6 Å². The van der Waals surface area contributed by atoms with Gasteiger partial charge in [0.25, 0.3) is 11.6 Å². The number of anilines is 2. The Labute approximate surface area is 132 Å². The van der Waals surface area contributed by atoms with Crippen molar-refractivity contribution < 1.29 is 14.5 Å². The minimum Gasteiger partial charge on any atom is -0.326 e. The molecule has 0 aliphatic heterocycles. The molecule has 2 N–H and O–H groups in total. The number of nitro benzene ring substituents is 1. The predicted octanol–water partition coefficient (Wildman–Crippen LogP) is 3.11. The van der Waals surface area contributed by atoms with Gasteiger partial charge in [0.1, 0.15) is 0 Å². The Bertz CT molecular complexity index is 787. The quantitative estimate of drug-likeness (QED) is 0.668. The number of nitro groups is 1. The van der Waals surface area contributed by atoms with Crippen molar-refractivity contribution >= 4 is 28.9 Å². The van der Waals surface area contributed by atoms with Crippen LogP contribution in [0.5, 0.6) is 0 Å². The van der Waals surface area contributed by atoms with Crippen molar-refractivity contribution in [2.75, 3.05) is 10.6 Å². The lowest BCUT2D eigenvalue weighted by Gasteiger charge is -2.11. The highest BCUT2D eigenvalue weighted by atomic mass is 16.6. The molecule has 0 unspecified atom stereocenters. The standard InChI is InChI=1S/C16H15N3O4/c1-10-6-7-13(17-11(2)20)9-15(10)18-16(21)12-4-3-5-14(8-12)19(22)23/h3-9H,1-2H3,(H,17,20)(H,18,21). The normalized spacial score (nSPS) is 10.0. The number of hydrogen-bond donors (Lipinski definition) is 2. The molecule has 0 radical (unpaired) electrons. The highest BCUT2D eigenvalue weighted by Crippen LogP contribution is 2.22. The number of amides is 2. The Kier molecular flexibility index (Phi) is 4.70. The Morgan fingerprint density at radius 1 is 1.09 bits per heavy atom. The molecule has 0 saturated carbocycles. The number of nitrogens with one attached hydrogen (secondary N) is 2. The number of carbonyl (C=O) groups excluding carboxylic acids is 2. The third-order valence-corrected chi connectivity index (χ3v) is 3.13. The zero-order chi connectivity index (χ0) is 17.0. The number of benzene rings is 2. The Morgan fingerprint density at radius 3 is 2.48 bits per heavy atom. The summed E-state index contributed by atoms with van der Waals surface area (Å²) in [6.07, 6.45) is 0. The molecule has 0 saturated heterocycles. The lowest BCUT2D eigenvalue weighted by molar-refractivity contribution is -0.384. The molecule has 2 amide bonds. The maximum atomic E-state index is 12.3. The Hall–Kier alpha value is -3.22. The maximum absolute atomic E-state index is 12.3. The molecule has 7 heteroatoms. The van der Waals surface area contributed by atoms with Crippen LogP contribution in [0.25, 0.3) is 0 Å². The van der Waals surface area contributed by atoms with E-state index in [1.807, 2.05) is 0 Å². The van der Waals surface area contributed by atoms with Gasteiger partial charge in [-0.05, 0) is 30.7 Å². The van der Waals surface area contributed by atoms with E-state index in [4.69, 9.17) is 0 Å². The van der Waals surface area contributed by atoms with Crippen LogP contribution >= 0.6 is 0 Å². The van der Waals surface area contributed by atoms with Gasteiger partial charge in [-0.2, -0.15) is 0 Å². The first-order chi connectivity index (χ1) is 10.9. The third-order valence-electron chi connectivity index (χ3n) is 3.13. The molecule has 0 atom stereocenters. The smallest absolute Gasteiger partial charge is 0.270 e. The van der Waals surface area contributed by atoms with Crippen molar-refractivity contribution in [3.05, 3.63) is 63.7 Å². The van der Waals surface area contributed by atoms with Gasteiger partial charge in [-0.15, -0.1) is 0 Å². The van der Waals surface area contributed by atoms with Gasteiger partial charge in [0.2, 0.25) is 5.91 Å². The second kappa shape index (κ2) is 6.69. The fourth-order valence-corrected chi connectivity index (χ4v) is 1.99. The first kappa shape index (κ1) is 16.2. The van der Waals surface area contributed by atoms with Crippen molar-refractivity contribution in [2.24, 2.45) is 0 Å². The molecule has 23 heavy (non-hydrogen) atoms. The number of non-ortho nitro benzene ring substituents is 1. The van der Waals surface area contributed by atoms with Gasteiger partial charge >= 0.3 is 0 Å². The van der Waals surface area contributed by atoms with E-state index in [2.05, 4.69) is 10.6 Å². The zero-order valence-corrected chi connectivity index (χ0v) is 12.6. The average Bonchev–Trinajstić information content (AvgIpc) is 2.50. The Balaban J connectivity index is 2.24. The largest absolute Gasteiger partial charge is 0.326 e. The first-order valence-corrected chi connectivity index (χ1v) is 6.81. The number of aryl methyl sites for hydroxylation is 1. The summed E-state index contributed by atoms with van der Waals surface area (Å²) in [6.45, 7) is 3.20. The molecule has 2 aromatic carbocycles. The van der Waals surface area contributed by atoms with Crippen LogP contribution in [0.1, 0.15) is 22.8 Å². The van der Waals surface area contributed by atoms with Crippen molar-refractivity contribution in [3.63, 3.8) is 0 Å². The van der Waals surface area contributed by atoms with Crippen LogP contribution in [-0.2, 0) is 4.79 Å². The van der Waals surface area contributed by atoms with Crippen LogP contribution in [0.15, 0.2) is 42.5 Å². The van der Waals surface area contributed by atoms with Gasteiger partial charge in [-0.1, -0.05) is 12.1 Å². The monoisotopic (exact) mass is 313 g/mol. The molecule has 0 aliphatic carbocycles. The number of hydrogen-bond acceptors (Lipinski definition) is 4. The number of carbonyl (C=O) groups is 2. The van der Waals surface area contributed by atoms with E-state index in [9.17, 15) is 19.7 Å². The van der Waals surface area contributed by atoms with Gasteiger partial charge < -0.3 is 10.6 Å². The van der Waals surface area contributed by atoms with Crippen molar-refractivity contribution in [3.8, 4) is 0 Å². The highest BCUT2D eigenvalue weighted by molar-refractivity contribution is 6.05. The van der Waals surface area contributed by atoms with Gasteiger partial charge in [0, 0.05) is 36.0 Å². The molecular formula is C16H15N3O4. The van der Waals surface area contributed by atoms with E-state index in [1.165, 1.54) is 31.2 Å². The van der Waals surface area contributed by atoms with E-state index in [1.54, 1.807) is 25.1 Å². The maximum Gasteiger partial charge on any atom is 0.270 e. The molecule has 0 aliphatic rings. The molecule has 2 rings (SSSR count). The predicted molar refractivity (Wildman–Crippen MR) is 86.5 cm³/mol. The summed E-state index contributed by atoms with van der Waals surface area (Å²) in [5.41, 5.74) is 1.91. The molecule has 0 spiro atoms. The fraction of sp³-hybridized carbons (Fsp3) is 0.125. The minimum absolute atomic E-state index is 0.152. The van der Waals surface area contributed by atoms with E-state index in [0.717, 1.165) is 5.56 Å². The van der Waals surface area contributed by atoms with Crippen LogP contribution in [0.3, 0.4) is 0 Å². The van der Waals surface area contributed by atoms with E-state index in [0.29, 0.717) is 11.4 Å². The van der Waals surface area contributed by atoms with Crippen LogP contribution in [0.2, 0.25) is 0 Å². The third kappa shape index (κ3) is 4.13. The summed E-state index contributed by atoms with van der Waals surface area (Å²) in [7, 11) is 0. The van der Waals surface area contributed by atoms with Gasteiger partial charge in [0.15, 0.2) is 0 Å². The highest BCUT2D eigenvalue weighted by Gasteiger charge is 2.13. The van der Waals surface area contributed by atoms with E-state index < -0.39 is 10.8 Å². The van der Waals surface area contributed by atoms with Gasteiger partial charge in [-0.25, -0.2) is 0 Å². The molecule has 0 bridgehead atoms. The molecule has 118 valence electrons. The summed E-state index contributed by atoms with van der Waals surface area (Å²) >= 11 is 0. The minimum atomic E-state index is -0.556. The lowest BCUT2D eigenvalue weighted by atomic mass is 10.1. The molecular weight excluding hydrogens is 298 g/mol. The van der Waals surface area contributed by atoms with Crippen LogP contribution in [0, 0.1) is 17.0 Å². The lowest BCUT2D eigenvalue weighted by Crippen LogP contribution is -2.13. The summed E-state index contributed by atoms with van der Waals surface area (Å²) in [4.78, 5) is 33.6. The van der Waals surface area contributed by atoms with Crippen LogP contribution in [0.4, 0.5) is 17.1 Å². The van der Waals surface area contributed by atoms with E-state index in [-0.39, 0.29) is 17.2 Å². The van der Waals surface area contributed by atoms with Crippen LogP contribution in [-0.4, -0.2) is 16.7 Å². The van der Waals surface area contributed by atoms with E-state index >= 15 is 0 Å². The molecule has 0 heterocycles. The summed E-state index contributed by atoms with van der Waals surface area (Å²) in [5.74, 6) is -0.679. The molecule has 2 aromatic rings. The second-order valence-electron chi connectivity index (χ2n) is 4.97. The number of rotatable bonds is 4. The number of nitrogens with zero attached hydrogens (tertiary/aromatic N) is 1. The molecule has 7 nitrogen and oxygen atoms in total. The van der Waals surface area contributed by atoms with Crippen molar-refractivity contribution in [2.45, 2.75) is 13.8 Å². The molecule has 0 fully saturated rings. The molecule has 0 aromatic heterocycles. The van der Waals surface area contributed by atoms with Crippen molar-refractivity contribution in [1.29, 1.82) is 0 Å².